The fourth-order valence-corrected chi connectivity index (χ4v) is 4.54. The first kappa shape index (κ1) is 21.8. The Morgan fingerprint density at radius 3 is 2.39 bits per heavy atom. The number of Topliss-reactive ketones (excluding diaryl/α,β-unsaturated/α-hetero) is 1. The molecule has 1 atom stereocenters. The van der Waals surface area contributed by atoms with Crippen LogP contribution in [0, 0.1) is 6.92 Å². The van der Waals surface area contributed by atoms with Gasteiger partial charge in [0.25, 0.3) is 5.91 Å². The van der Waals surface area contributed by atoms with Gasteiger partial charge in [-0.1, -0.05) is 59.1 Å². The number of halogens is 3. The molecule has 0 aromatic heterocycles. The van der Waals surface area contributed by atoms with Gasteiger partial charge in [-0.05, 0) is 54.4 Å². The van der Waals surface area contributed by atoms with Gasteiger partial charge < -0.3 is 10.0 Å². The Hall–Kier alpha value is -2.37. The van der Waals surface area contributed by atoms with E-state index in [0.717, 1.165) is 11.1 Å². The minimum atomic E-state index is -2.05. The second-order valence-electron chi connectivity index (χ2n) is 7.56. The summed E-state index contributed by atoms with van der Waals surface area (Å²) in [7, 11) is 0. The predicted octanol–water partition coefficient (Wildman–Crippen LogP) is 5.96. The maximum atomic E-state index is 13.4. The Bertz CT molecular complexity index is 1210. The molecule has 0 saturated carbocycles. The zero-order chi connectivity index (χ0) is 22.3. The van der Waals surface area contributed by atoms with Crippen LogP contribution in [0.4, 0.5) is 5.69 Å². The van der Waals surface area contributed by atoms with Gasteiger partial charge in [-0.25, -0.2) is 0 Å². The van der Waals surface area contributed by atoms with Crippen molar-refractivity contribution in [1.82, 2.24) is 0 Å². The molecular weight excluding hydrogens is 457 g/mol. The van der Waals surface area contributed by atoms with Gasteiger partial charge in [0, 0.05) is 21.2 Å². The predicted molar refractivity (Wildman–Crippen MR) is 123 cm³/mol. The van der Waals surface area contributed by atoms with Crippen molar-refractivity contribution in [1.29, 1.82) is 0 Å². The first-order valence-electron chi connectivity index (χ1n) is 9.58. The molecule has 158 valence electrons. The number of ketones is 1. The number of carbonyl (C=O) groups is 2. The van der Waals surface area contributed by atoms with Gasteiger partial charge in [0.05, 0.1) is 23.7 Å². The Labute approximate surface area is 195 Å². The maximum absolute atomic E-state index is 13.4. The summed E-state index contributed by atoms with van der Waals surface area (Å²) in [6.45, 7) is 2.22. The van der Waals surface area contributed by atoms with Crippen LogP contribution in [-0.2, 0) is 16.9 Å². The minimum Gasteiger partial charge on any atom is -0.375 e. The molecule has 31 heavy (non-hydrogen) atoms. The minimum absolute atomic E-state index is 0.162. The Kier molecular flexibility index (Phi) is 5.84. The number of anilines is 1. The van der Waals surface area contributed by atoms with Crippen LogP contribution in [-0.4, -0.2) is 16.8 Å². The summed E-state index contributed by atoms with van der Waals surface area (Å²) in [6.07, 6.45) is -0.467. The lowest BCUT2D eigenvalue weighted by Crippen LogP contribution is -2.41. The number of benzene rings is 3. The summed E-state index contributed by atoms with van der Waals surface area (Å²) in [6, 6.07) is 17.0. The molecule has 3 aromatic carbocycles. The molecule has 0 spiro atoms. The van der Waals surface area contributed by atoms with Crippen molar-refractivity contribution in [2.24, 2.45) is 0 Å². The highest BCUT2D eigenvalue weighted by Gasteiger charge is 2.51. The molecule has 7 heteroatoms. The molecule has 1 heterocycles. The van der Waals surface area contributed by atoms with E-state index in [1.807, 2.05) is 31.2 Å². The molecule has 1 unspecified atom stereocenters. The topological polar surface area (TPSA) is 57.6 Å². The van der Waals surface area contributed by atoms with Crippen LogP contribution in [0.3, 0.4) is 0 Å². The second-order valence-corrected chi connectivity index (χ2v) is 8.84. The van der Waals surface area contributed by atoms with Crippen molar-refractivity contribution in [2.75, 3.05) is 4.90 Å². The van der Waals surface area contributed by atoms with Gasteiger partial charge in [-0.15, -0.1) is 0 Å². The second kappa shape index (κ2) is 8.29. The number of nitrogens with zero attached hydrogens (tertiary/aromatic N) is 1. The zero-order valence-electron chi connectivity index (χ0n) is 16.5. The molecular formula is C24H18Cl3NO3. The Balaban J connectivity index is 1.73. The van der Waals surface area contributed by atoms with Crippen molar-refractivity contribution in [3.8, 4) is 0 Å². The average Bonchev–Trinajstić information content (AvgIpc) is 2.91. The number of fused-ring (bicyclic) bond motifs is 1. The lowest BCUT2D eigenvalue weighted by atomic mass is 9.88. The zero-order valence-corrected chi connectivity index (χ0v) is 18.8. The molecule has 0 aliphatic carbocycles. The van der Waals surface area contributed by atoms with Crippen LogP contribution in [0.15, 0.2) is 60.7 Å². The molecule has 1 N–H and O–H groups in total. The van der Waals surface area contributed by atoms with Gasteiger partial charge in [-0.2, -0.15) is 0 Å². The van der Waals surface area contributed by atoms with Gasteiger partial charge in [0.15, 0.2) is 11.4 Å². The first-order chi connectivity index (χ1) is 14.7. The number of hydrogen-bond donors (Lipinski definition) is 1. The molecule has 0 saturated heterocycles. The summed E-state index contributed by atoms with van der Waals surface area (Å²) >= 11 is 18.2. The lowest BCUT2D eigenvalue weighted by molar-refractivity contribution is -0.136. The molecule has 0 fully saturated rings. The van der Waals surface area contributed by atoms with Crippen LogP contribution >= 0.6 is 34.8 Å². The van der Waals surface area contributed by atoms with Crippen molar-refractivity contribution in [2.45, 2.75) is 25.5 Å². The summed E-state index contributed by atoms with van der Waals surface area (Å²) in [4.78, 5) is 27.9. The first-order valence-corrected chi connectivity index (χ1v) is 10.7. The third-order valence-electron chi connectivity index (χ3n) is 5.53. The summed E-state index contributed by atoms with van der Waals surface area (Å²) in [5.74, 6) is -1.05. The van der Waals surface area contributed by atoms with E-state index < -0.39 is 23.7 Å². The lowest BCUT2D eigenvalue weighted by Gasteiger charge is -2.23. The van der Waals surface area contributed by atoms with E-state index in [2.05, 4.69) is 0 Å². The van der Waals surface area contributed by atoms with Crippen LogP contribution in [0.2, 0.25) is 15.1 Å². The van der Waals surface area contributed by atoms with Crippen LogP contribution in [0.5, 0.6) is 0 Å². The smallest absolute Gasteiger partial charge is 0.264 e. The third-order valence-corrected chi connectivity index (χ3v) is 6.31. The van der Waals surface area contributed by atoms with Crippen molar-refractivity contribution in [3.63, 3.8) is 0 Å². The normalized spacial score (nSPS) is 17.7. The van der Waals surface area contributed by atoms with Crippen molar-refractivity contribution >= 4 is 52.2 Å². The van der Waals surface area contributed by atoms with Gasteiger partial charge in [-0.3, -0.25) is 9.59 Å². The van der Waals surface area contributed by atoms with Crippen LogP contribution in [0.25, 0.3) is 0 Å². The van der Waals surface area contributed by atoms with E-state index in [9.17, 15) is 14.7 Å². The van der Waals surface area contributed by atoms with E-state index in [0.29, 0.717) is 21.3 Å². The number of rotatable bonds is 5. The third kappa shape index (κ3) is 3.97. The molecule has 1 aliphatic rings. The Morgan fingerprint density at radius 2 is 1.68 bits per heavy atom. The highest BCUT2D eigenvalue weighted by atomic mass is 35.5. The number of aryl methyl sites for hydroxylation is 1. The van der Waals surface area contributed by atoms with E-state index >= 15 is 0 Å². The Morgan fingerprint density at radius 1 is 1.00 bits per heavy atom. The van der Waals surface area contributed by atoms with E-state index in [-0.39, 0.29) is 17.1 Å². The highest BCUT2D eigenvalue weighted by molar-refractivity contribution is 6.37. The molecule has 4 nitrogen and oxygen atoms in total. The standard InChI is InChI=1S/C24H18Cl3NO3/c1-14-4-2-3-5-15(14)13-28-21-9-7-16(25)10-19(21)24(31,23(28)30)12-22(29)18-8-6-17(26)11-20(18)27/h2-11,31H,12-13H2,1H3. The molecule has 1 aliphatic heterocycles. The highest BCUT2D eigenvalue weighted by Crippen LogP contribution is 2.45. The van der Waals surface area contributed by atoms with E-state index in [1.54, 1.807) is 12.1 Å². The van der Waals surface area contributed by atoms with Gasteiger partial charge >= 0.3 is 0 Å². The molecule has 4 rings (SSSR count). The van der Waals surface area contributed by atoms with Gasteiger partial charge in [0.2, 0.25) is 0 Å². The summed E-state index contributed by atoms with van der Waals surface area (Å²) in [5, 5.41) is 12.4. The van der Waals surface area contributed by atoms with Crippen molar-refractivity contribution < 1.29 is 14.7 Å². The summed E-state index contributed by atoms with van der Waals surface area (Å²) < 4.78 is 0. The largest absolute Gasteiger partial charge is 0.375 e. The van der Waals surface area contributed by atoms with E-state index in [1.165, 1.54) is 29.2 Å². The number of carbonyl (C=O) groups excluding carboxylic acids is 2. The molecule has 0 bridgehead atoms. The maximum Gasteiger partial charge on any atom is 0.264 e. The van der Waals surface area contributed by atoms with E-state index in [4.69, 9.17) is 34.8 Å². The van der Waals surface area contributed by atoms with Crippen LogP contribution in [0.1, 0.15) is 33.5 Å². The average molecular weight is 475 g/mol. The SMILES string of the molecule is Cc1ccccc1CN1C(=O)C(O)(CC(=O)c2ccc(Cl)cc2Cl)c2cc(Cl)ccc21. The number of amides is 1. The summed E-state index contributed by atoms with van der Waals surface area (Å²) in [5.41, 5.74) is 0.918. The molecule has 3 aromatic rings. The van der Waals surface area contributed by atoms with Crippen LogP contribution < -0.4 is 4.90 Å². The molecule has 0 radical (unpaired) electrons. The number of hydrogen-bond acceptors (Lipinski definition) is 3. The molecule has 1 amide bonds. The van der Waals surface area contributed by atoms with Gasteiger partial charge in [0.1, 0.15) is 0 Å². The fourth-order valence-electron chi connectivity index (χ4n) is 3.85. The fraction of sp³-hybridized carbons (Fsp3) is 0.167. The van der Waals surface area contributed by atoms with Crippen molar-refractivity contribution in [3.05, 3.63) is 98.0 Å². The monoisotopic (exact) mass is 473 g/mol. The quantitative estimate of drug-likeness (QED) is 0.464. The number of aliphatic hydroxyl groups is 1.